The molecule has 0 aromatic carbocycles. The molecule has 0 radical (unpaired) electrons. The van der Waals surface area contributed by atoms with Crippen molar-refractivity contribution in [3.63, 3.8) is 0 Å². The number of nitrogens with one attached hydrogen (secondary N) is 3. The van der Waals surface area contributed by atoms with E-state index in [9.17, 15) is 14.7 Å². The molecule has 0 aliphatic carbocycles. The van der Waals surface area contributed by atoms with E-state index < -0.39 is 17.7 Å². The molecule has 1 aromatic rings. The molecule has 0 saturated heterocycles. The number of hydrogen-bond acceptors (Lipinski definition) is 7. The van der Waals surface area contributed by atoms with Gasteiger partial charge in [-0.05, 0) is 6.92 Å². The molecule has 0 fully saturated rings. The van der Waals surface area contributed by atoms with Crippen LogP contribution < -0.4 is 21.9 Å². The minimum Gasteiger partial charge on any atom is -0.386 e. The van der Waals surface area contributed by atoms with Gasteiger partial charge in [0.25, 0.3) is 5.56 Å². The van der Waals surface area contributed by atoms with E-state index in [1.807, 2.05) is 0 Å². The van der Waals surface area contributed by atoms with Crippen molar-refractivity contribution in [2.75, 3.05) is 22.9 Å². The van der Waals surface area contributed by atoms with Crippen molar-refractivity contribution in [2.24, 2.45) is 0 Å². The summed E-state index contributed by atoms with van der Waals surface area (Å²) in [5.74, 6) is -0.187. The molecule has 92 valence electrons. The molecular weight excluding hydrogens is 226 g/mol. The number of ketones is 1. The summed E-state index contributed by atoms with van der Waals surface area (Å²) in [5.41, 5.74) is 5.24. The van der Waals surface area contributed by atoms with Gasteiger partial charge in [0.05, 0.1) is 0 Å². The Morgan fingerprint density at radius 1 is 1.65 bits per heavy atom. The molecule has 0 saturated carbocycles. The Morgan fingerprint density at radius 2 is 2.35 bits per heavy atom. The van der Waals surface area contributed by atoms with Crippen molar-refractivity contribution in [3.8, 4) is 0 Å². The zero-order valence-corrected chi connectivity index (χ0v) is 9.15. The highest BCUT2D eigenvalue weighted by Gasteiger charge is 2.28. The monoisotopic (exact) mass is 239 g/mol. The predicted molar refractivity (Wildman–Crippen MR) is 61.9 cm³/mol. The third kappa shape index (κ3) is 2.07. The molecule has 2 atom stereocenters. The molecule has 0 spiro atoms. The van der Waals surface area contributed by atoms with E-state index in [1.54, 1.807) is 0 Å². The van der Waals surface area contributed by atoms with E-state index in [1.165, 1.54) is 6.92 Å². The number of H-pyrrole nitrogens is 1. The van der Waals surface area contributed by atoms with Crippen molar-refractivity contribution in [3.05, 3.63) is 10.4 Å². The largest absolute Gasteiger partial charge is 0.386 e. The van der Waals surface area contributed by atoms with Gasteiger partial charge in [-0.3, -0.25) is 14.6 Å². The molecule has 1 aromatic heterocycles. The van der Waals surface area contributed by atoms with Crippen LogP contribution in [0.4, 0.5) is 17.5 Å². The smallest absolute Gasteiger partial charge is 0.277 e. The molecule has 1 aliphatic heterocycles. The second kappa shape index (κ2) is 4.06. The number of nitrogens with two attached hydrogens (primary N) is 1. The van der Waals surface area contributed by atoms with E-state index in [0.29, 0.717) is 0 Å². The first-order chi connectivity index (χ1) is 7.99. The number of rotatable bonds is 2. The fraction of sp³-hybridized carbons (Fsp3) is 0.444. The summed E-state index contributed by atoms with van der Waals surface area (Å²) in [7, 11) is 0. The van der Waals surface area contributed by atoms with Gasteiger partial charge in [0, 0.05) is 6.54 Å². The maximum Gasteiger partial charge on any atom is 0.277 e. The first kappa shape index (κ1) is 11.4. The minimum atomic E-state index is -1.07. The lowest BCUT2D eigenvalue weighted by Crippen LogP contribution is -2.45. The Kier molecular flexibility index (Phi) is 2.72. The number of hydrogen-bond donors (Lipinski definition) is 5. The van der Waals surface area contributed by atoms with Gasteiger partial charge in [-0.2, -0.15) is 4.98 Å². The molecule has 2 heterocycles. The number of aromatic amines is 1. The third-order valence-corrected chi connectivity index (χ3v) is 2.49. The van der Waals surface area contributed by atoms with Gasteiger partial charge < -0.3 is 21.5 Å². The first-order valence-electron chi connectivity index (χ1n) is 5.11. The van der Waals surface area contributed by atoms with Gasteiger partial charge >= 0.3 is 0 Å². The average Bonchev–Trinajstić information content (AvgIpc) is 2.26. The Bertz CT molecular complexity index is 510. The number of aliphatic hydroxyl groups excluding tert-OH is 1. The van der Waals surface area contributed by atoms with Crippen LogP contribution in [0, 0.1) is 0 Å². The van der Waals surface area contributed by atoms with Gasteiger partial charge in [0.15, 0.2) is 11.6 Å². The molecule has 6 N–H and O–H groups in total. The molecule has 2 rings (SSSR count). The molecule has 1 aliphatic rings. The van der Waals surface area contributed by atoms with Crippen LogP contribution in [0.2, 0.25) is 0 Å². The Labute approximate surface area is 96.2 Å². The number of carbonyl (C=O) groups excluding carboxylic acids is 1. The Hall–Kier alpha value is -2.09. The maximum absolute atomic E-state index is 11.6. The lowest BCUT2D eigenvalue weighted by atomic mass is 10.1. The summed E-state index contributed by atoms with van der Waals surface area (Å²) < 4.78 is 0. The molecule has 0 amide bonds. The minimum absolute atomic E-state index is 0.0341. The van der Waals surface area contributed by atoms with Crippen LogP contribution in [-0.2, 0) is 4.79 Å². The van der Waals surface area contributed by atoms with E-state index in [0.717, 1.165) is 0 Å². The molecule has 8 nitrogen and oxygen atoms in total. The molecule has 0 bridgehead atoms. The Morgan fingerprint density at radius 3 is 3.00 bits per heavy atom. The number of aromatic nitrogens is 2. The number of nitrogens with zero attached hydrogens (tertiary/aromatic N) is 1. The summed E-state index contributed by atoms with van der Waals surface area (Å²) in [6, 6.07) is -0.629. The first-order valence-corrected chi connectivity index (χ1v) is 5.11. The summed E-state index contributed by atoms with van der Waals surface area (Å²) in [4.78, 5) is 29.3. The van der Waals surface area contributed by atoms with Crippen molar-refractivity contribution in [2.45, 2.75) is 19.1 Å². The fourth-order valence-corrected chi connectivity index (χ4v) is 1.64. The normalized spacial score (nSPS) is 19.8. The van der Waals surface area contributed by atoms with Gasteiger partial charge in [0.2, 0.25) is 5.95 Å². The highest BCUT2D eigenvalue weighted by molar-refractivity contribution is 5.92. The molecule has 2 unspecified atom stereocenters. The van der Waals surface area contributed by atoms with E-state index in [-0.39, 0.29) is 29.8 Å². The average molecular weight is 239 g/mol. The topological polar surface area (TPSA) is 133 Å². The lowest BCUT2D eigenvalue weighted by Gasteiger charge is -2.26. The van der Waals surface area contributed by atoms with Crippen LogP contribution in [0.15, 0.2) is 4.79 Å². The molecular formula is C9H13N5O3. The van der Waals surface area contributed by atoms with Gasteiger partial charge in [-0.1, -0.05) is 0 Å². The van der Waals surface area contributed by atoms with Crippen LogP contribution >= 0.6 is 0 Å². The number of anilines is 3. The summed E-state index contributed by atoms with van der Waals surface area (Å²) >= 11 is 0. The van der Waals surface area contributed by atoms with Crippen molar-refractivity contribution in [1.82, 2.24) is 9.97 Å². The standard InChI is InChI=1S/C9H13N5O3/c1-3(15)6(16)4-2-11-5-7(12-4)13-9(10)14-8(5)17/h3-4,11,15H,2H2,1H3,(H4,10,12,13,14,17). The van der Waals surface area contributed by atoms with Crippen LogP contribution in [0.1, 0.15) is 6.92 Å². The second-order valence-electron chi connectivity index (χ2n) is 3.83. The van der Waals surface area contributed by atoms with E-state index in [4.69, 9.17) is 5.73 Å². The maximum atomic E-state index is 11.6. The van der Waals surface area contributed by atoms with Gasteiger partial charge in [-0.15, -0.1) is 0 Å². The quantitative estimate of drug-likeness (QED) is 0.424. The third-order valence-electron chi connectivity index (χ3n) is 2.49. The van der Waals surface area contributed by atoms with Crippen molar-refractivity contribution >= 4 is 23.2 Å². The zero-order chi connectivity index (χ0) is 12.6. The predicted octanol–water partition coefficient (Wildman–Crippen LogP) is -1.49. The van der Waals surface area contributed by atoms with Gasteiger partial charge in [-0.25, -0.2) is 0 Å². The van der Waals surface area contributed by atoms with Crippen LogP contribution in [-0.4, -0.2) is 39.5 Å². The van der Waals surface area contributed by atoms with Crippen LogP contribution in [0.25, 0.3) is 0 Å². The lowest BCUT2D eigenvalue weighted by molar-refractivity contribution is -0.126. The van der Waals surface area contributed by atoms with Crippen LogP contribution in [0.5, 0.6) is 0 Å². The SMILES string of the molecule is CC(O)C(=O)C1CNc2c(nc(N)[nH]c2=O)N1. The number of fused-ring (bicyclic) bond motifs is 1. The number of carbonyl (C=O) groups is 1. The highest BCUT2D eigenvalue weighted by Crippen LogP contribution is 2.20. The zero-order valence-electron chi connectivity index (χ0n) is 9.15. The summed E-state index contributed by atoms with van der Waals surface area (Å²) in [5, 5.41) is 14.8. The van der Waals surface area contributed by atoms with Crippen LogP contribution in [0.3, 0.4) is 0 Å². The second-order valence-corrected chi connectivity index (χ2v) is 3.83. The fourth-order valence-electron chi connectivity index (χ4n) is 1.64. The summed E-state index contributed by atoms with van der Waals surface area (Å²) in [6.45, 7) is 1.60. The Balaban J connectivity index is 2.30. The van der Waals surface area contributed by atoms with E-state index in [2.05, 4.69) is 20.6 Å². The van der Waals surface area contributed by atoms with Crippen molar-refractivity contribution in [1.29, 1.82) is 0 Å². The highest BCUT2D eigenvalue weighted by atomic mass is 16.3. The van der Waals surface area contributed by atoms with Crippen molar-refractivity contribution < 1.29 is 9.90 Å². The number of nitrogen functional groups attached to an aromatic ring is 1. The molecule has 17 heavy (non-hydrogen) atoms. The number of aliphatic hydroxyl groups is 1. The van der Waals surface area contributed by atoms with E-state index >= 15 is 0 Å². The number of Topliss-reactive ketones (excluding diaryl/α,β-unsaturated/α-hetero) is 1. The molecule has 8 heteroatoms. The summed E-state index contributed by atoms with van der Waals surface area (Å²) in [6.07, 6.45) is -1.07. The van der Waals surface area contributed by atoms with Gasteiger partial charge in [0.1, 0.15) is 17.8 Å².